The maximum absolute atomic E-state index is 12.7. The molecule has 7 heteroatoms. The largest absolute Gasteiger partial charge is 0.388 e. The van der Waals surface area contributed by atoms with Crippen LogP contribution in [0.1, 0.15) is 39.4 Å². The predicted octanol–water partition coefficient (Wildman–Crippen LogP) is 1.68. The van der Waals surface area contributed by atoms with Crippen molar-refractivity contribution in [3.63, 3.8) is 0 Å². The van der Waals surface area contributed by atoms with Crippen LogP contribution in [0.15, 0.2) is 18.7 Å². The van der Waals surface area contributed by atoms with Gasteiger partial charge in [-0.1, -0.05) is 6.08 Å². The van der Waals surface area contributed by atoms with Crippen molar-refractivity contribution < 1.29 is 19.4 Å². The number of nitrogens with zero attached hydrogens (tertiary/aromatic N) is 1. The molecule has 0 aliphatic carbocycles. The van der Waals surface area contributed by atoms with Gasteiger partial charge < -0.3 is 24.8 Å². The van der Waals surface area contributed by atoms with E-state index < -0.39 is 6.10 Å². The summed E-state index contributed by atoms with van der Waals surface area (Å²) in [5.41, 5.74) is 0.957. The number of piperidine rings is 1. The standard InChI is InChI=1S/C20H28N2O4S/c1-2-3-7-22-8-5-20(6-9-22)14-11-18(27-17(14)4-10-26-20)19(24)21-15-12-25-13-16(15)23/h2,11,15-16,23H,1,3-10,12-13H2,(H,21,24)/t15-,16-/m0/s1. The summed E-state index contributed by atoms with van der Waals surface area (Å²) >= 11 is 1.57. The minimum absolute atomic E-state index is 0.123. The molecule has 4 rings (SSSR count). The summed E-state index contributed by atoms with van der Waals surface area (Å²) < 4.78 is 11.5. The van der Waals surface area contributed by atoms with Crippen LogP contribution in [0.4, 0.5) is 0 Å². The molecule has 2 fully saturated rings. The highest BCUT2D eigenvalue weighted by Gasteiger charge is 2.42. The van der Waals surface area contributed by atoms with E-state index in [4.69, 9.17) is 9.47 Å². The Balaban J connectivity index is 1.47. The number of rotatable bonds is 5. The summed E-state index contributed by atoms with van der Waals surface area (Å²) in [5.74, 6) is -0.123. The molecule has 2 N–H and O–H groups in total. The van der Waals surface area contributed by atoms with Crippen molar-refractivity contribution in [2.24, 2.45) is 0 Å². The molecule has 6 nitrogen and oxygen atoms in total. The lowest BCUT2D eigenvalue weighted by atomic mass is 9.82. The summed E-state index contributed by atoms with van der Waals surface area (Å²) in [6.07, 6.45) is 5.14. The van der Waals surface area contributed by atoms with Crippen LogP contribution in [-0.2, 0) is 21.5 Å². The van der Waals surface area contributed by atoms with Crippen molar-refractivity contribution in [2.45, 2.75) is 43.4 Å². The number of carbonyl (C=O) groups is 1. The number of nitrogens with one attached hydrogen (secondary N) is 1. The Labute approximate surface area is 164 Å². The smallest absolute Gasteiger partial charge is 0.261 e. The average Bonchev–Trinajstić information content (AvgIpc) is 3.29. The zero-order chi connectivity index (χ0) is 18.9. The number of fused-ring (bicyclic) bond motifs is 2. The van der Waals surface area contributed by atoms with E-state index in [9.17, 15) is 9.90 Å². The molecule has 2 atom stereocenters. The van der Waals surface area contributed by atoms with Gasteiger partial charge >= 0.3 is 0 Å². The number of thiophene rings is 1. The van der Waals surface area contributed by atoms with Gasteiger partial charge in [0.25, 0.3) is 5.91 Å². The Bertz CT molecular complexity index is 696. The molecule has 2 saturated heterocycles. The first-order valence-corrected chi connectivity index (χ1v) is 10.6. The van der Waals surface area contributed by atoms with Gasteiger partial charge in [0.05, 0.1) is 42.4 Å². The van der Waals surface area contributed by atoms with E-state index in [0.717, 1.165) is 51.9 Å². The minimum Gasteiger partial charge on any atom is -0.388 e. The monoisotopic (exact) mass is 392 g/mol. The van der Waals surface area contributed by atoms with E-state index in [-0.39, 0.29) is 24.2 Å². The van der Waals surface area contributed by atoms with E-state index in [1.807, 2.05) is 12.1 Å². The quantitative estimate of drug-likeness (QED) is 0.746. The van der Waals surface area contributed by atoms with Crippen molar-refractivity contribution in [2.75, 3.05) is 39.5 Å². The lowest BCUT2D eigenvalue weighted by Gasteiger charge is -2.44. The van der Waals surface area contributed by atoms with Gasteiger partial charge in [-0.25, -0.2) is 0 Å². The lowest BCUT2D eigenvalue weighted by Crippen LogP contribution is -2.46. The molecule has 0 bridgehead atoms. The van der Waals surface area contributed by atoms with E-state index in [1.54, 1.807) is 11.3 Å². The van der Waals surface area contributed by atoms with Crippen LogP contribution in [0.25, 0.3) is 0 Å². The van der Waals surface area contributed by atoms with E-state index in [2.05, 4.69) is 16.8 Å². The highest BCUT2D eigenvalue weighted by atomic mass is 32.1. The number of hydrogen-bond acceptors (Lipinski definition) is 6. The van der Waals surface area contributed by atoms with Crippen LogP contribution in [0.2, 0.25) is 0 Å². The molecule has 0 unspecified atom stereocenters. The first kappa shape index (κ1) is 19.1. The summed E-state index contributed by atoms with van der Waals surface area (Å²) in [6.45, 7) is 8.25. The summed E-state index contributed by atoms with van der Waals surface area (Å²) in [6, 6.07) is 1.70. The van der Waals surface area contributed by atoms with Crippen molar-refractivity contribution in [1.82, 2.24) is 10.2 Å². The topological polar surface area (TPSA) is 71.0 Å². The minimum atomic E-state index is -0.627. The van der Waals surface area contributed by atoms with Gasteiger partial charge in [0.1, 0.15) is 0 Å². The SMILES string of the molecule is C=CCCN1CCC2(CC1)OCCc1sc(C(=O)N[C@H]3COC[C@@H]3O)cc12. The number of amides is 1. The normalized spacial score (nSPS) is 27.4. The maximum atomic E-state index is 12.7. The molecular formula is C20H28N2O4S. The van der Waals surface area contributed by atoms with Crippen LogP contribution >= 0.6 is 11.3 Å². The van der Waals surface area contributed by atoms with Crippen LogP contribution in [-0.4, -0.2) is 67.5 Å². The van der Waals surface area contributed by atoms with Gasteiger partial charge in [0.2, 0.25) is 0 Å². The molecule has 1 amide bonds. The Morgan fingerprint density at radius 3 is 2.96 bits per heavy atom. The molecule has 0 radical (unpaired) electrons. The first-order chi connectivity index (χ1) is 13.1. The number of carbonyl (C=O) groups excluding carboxylic acids is 1. The van der Waals surface area contributed by atoms with Crippen molar-refractivity contribution in [3.8, 4) is 0 Å². The molecule has 3 aliphatic rings. The van der Waals surface area contributed by atoms with Crippen LogP contribution < -0.4 is 5.32 Å². The second kappa shape index (κ2) is 8.01. The second-order valence-electron chi connectivity index (χ2n) is 7.64. The van der Waals surface area contributed by atoms with Crippen molar-refractivity contribution in [1.29, 1.82) is 0 Å². The fraction of sp³-hybridized carbons (Fsp3) is 0.650. The molecule has 27 heavy (non-hydrogen) atoms. The zero-order valence-corrected chi connectivity index (χ0v) is 16.4. The molecule has 0 aromatic carbocycles. The Morgan fingerprint density at radius 1 is 1.44 bits per heavy atom. The van der Waals surface area contributed by atoms with Gasteiger partial charge in [0.15, 0.2) is 0 Å². The molecule has 148 valence electrons. The number of ether oxygens (including phenoxy) is 2. The number of likely N-dealkylation sites (tertiary alicyclic amines) is 1. The maximum Gasteiger partial charge on any atom is 0.261 e. The van der Waals surface area contributed by atoms with Gasteiger partial charge in [-0.15, -0.1) is 17.9 Å². The summed E-state index contributed by atoms with van der Waals surface area (Å²) in [4.78, 5) is 17.1. The predicted molar refractivity (Wildman–Crippen MR) is 104 cm³/mol. The Hall–Kier alpha value is -1.25. The second-order valence-corrected chi connectivity index (χ2v) is 8.78. The van der Waals surface area contributed by atoms with Crippen LogP contribution in [0, 0.1) is 0 Å². The van der Waals surface area contributed by atoms with Crippen LogP contribution in [0.3, 0.4) is 0 Å². The third kappa shape index (κ3) is 3.84. The molecular weight excluding hydrogens is 364 g/mol. The van der Waals surface area contributed by atoms with Gasteiger partial charge in [-0.3, -0.25) is 4.79 Å². The zero-order valence-electron chi connectivity index (χ0n) is 15.6. The van der Waals surface area contributed by atoms with E-state index in [0.29, 0.717) is 11.5 Å². The van der Waals surface area contributed by atoms with Crippen LogP contribution in [0.5, 0.6) is 0 Å². The highest BCUT2D eigenvalue weighted by Crippen LogP contribution is 2.44. The number of hydrogen-bond donors (Lipinski definition) is 2. The summed E-state index contributed by atoms with van der Waals surface area (Å²) in [7, 11) is 0. The molecule has 0 saturated carbocycles. The Morgan fingerprint density at radius 2 is 2.26 bits per heavy atom. The fourth-order valence-corrected chi connectivity index (χ4v) is 5.41. The third-order valence-corrected chi connectivity index (χ3v) is 7.10. The molecule has 3 aliphatic heterocycles. The molecule has 4 heterocycles. The molecule has 1 spiro atoms. The molecule has 1 aromatic rings. The third-order valence-electron chi connectivity index (χ3n) is 5.91. The van der Waals surface area contributed by atoms with Crippen molar-refractivity contribution in [3.05, 3.63) is 34.0 Å². The summed E-state index contributed by atoms with van der Waals surface area (Å²) in [5, 5.41) is 12.8. The van der Waals surface area contributed by atoms with Gasteiger partial charge in [-0.05, 0) is 30.9 Å². The number of aliphatic hydroxyl groups excluding tert-OH is 1. The Kier molecular flexibility index (Phi) is 5.66. The van der Waals surface area contributed by atoms with Gasteiger partial charge in [0, 0.05) is 30.9 Å². The lowest BCUT2D eigenvalue weighted by molar-refractivity contribution is -0.0968. The average molecular weight is 393 g/mol. The van der Waals surface area contributed by atoms with Gasteiger partial charge in [-0.2, -0.15) is 0 Å². The first-order valence-electron chi connectivity index (χ1n) is 9.78. The van der Waals surface area contributed by atoms with E-state index >= 15 is 0 Å². The number of aliphatic hydroxyl groups is 1. The van der Waals surface area contributed by atoms with E-state index in [1.165, 1.54) is 10.4 Å². The molecule has 1 aromatic heterocycles. The fourth-order valence-electron chi connectivity index (χ4n) is 4.27. The van der Waals surface area contributed by atoms with Crippen molar-refractivity contribution >= 4 is 17.2 Å². The highest BCUT2D eigenvalue weighted by molar-refractivity contribution is 7.14.